The van der Waals surface area contributed by atoms with E-state index in [4.69, 9.17) is 4.74 Å². The molecule has 3 heterocycles. The fourth-order valence-corrected chi connectivity index (χ4v) is 3.71. The van der Waals surface area contributed by atoms with Gasteiger partial charge in [-0.15, -0.1) is 0 Å². The van der Waals surface area contributed by atoms with Crippen LogP contribution < -0.4 is 10.2 Å². The molecule has 180 valence electrons. The van der Waals surface area contributed by atoms with Crippen molar-refractivity contribution >= 4 is 23.2 Å². The number of benzene rings is 1. The van der Waals surface area contributed by atoms with E-state index in [9.17, 15) is 22.8 Å². The van der Waals surface area contributed by atoms with Crippen LogP contribution in [0.1, 0.15) is 45.6 Å². The number of amides is 2. The summed E-state index contributed by atoms with van der Waals surface area (Å²) in [6, 6.07) is 7.16. The zero-order valence-corrected chi connectivity index (χ0v) is 17.8. The molecular weight excluding hydrogens is 451 g/mol. The number of aryl methyl sites for hydroxylation is 1. The van der Waals surface area contributed by atoms with Crippen molar-refractivity contribution in [2.45, 2.75) is 26.6 Å². The van der Waals surface area contributed by atoms with Gasteiger partial charge in [0.1, 0.15) is 5.69 Å². The molecule has 2 aromatic heterocycles. The van der Waals surface area contributed by atoms with Crippen molar-refractivity contribution in [3.63, 3.8) is 0 Å². The molecule has 0 fully saturated rings. The lowest BCUT2D eigenvalue weighted by Gasteiger charge is -2.33. The van der Waals surface area contributed by atoms with E-state index in [0.717, 1.165) is 12.1 Å². The van der Waals surface area contributed by atoms with Gasteiger partial charge in [-0.1, -0.05) is 7.43 Å². The average Bonchev–Trinajstić information content (AvgIpc) is 3.21. The monoisotopic (exact) mass is 475 g/mol. The van der Waals surface area contributed by atoms with E-state index >= 15 is 0 Å². The van der Waals surface area contributed by atoms with Crippen molar-refractivity contribution in [1.82, 2.24) is 14.8 Å². The second-order valence-electron chi connectivity index (χ2n) is 7.56. The highest BCUT2D eigenvalue weighted by atomic mass is 19.4. The highest BCUT2D eigenvalue weighted by molar-refractivity contribution is 6.15. The number of pyridine rings is 1. The van der Waals surface area contributed by atoms with Gasteiger partial charge >= 0.3 is 6.18 Å². The molecule has 1 atom stereocenters. The number of aromatic nitrogens is 3. The highest BCUT2D eigenvalue weighted by Crippen LogP contribution is 2.33. The summed E-state index contributed by atoms with van der Waals surface area (Å²) in [5, 5.41) is 6.95. The lowest BCUT2D eigenvalue weighted by Crippen LogP contribution is -2.45. The van der Waals surface area contributed by atoms with Crippen LogP contribution in [0.25, 0.3) is 0 Å². The number of carbonyl (C=O) groups excluding carboxylic acids is 2. The molecule has 1 aliphatic heterocycles. The molecule has 0 radical (unpaired) electrons. The van der Waals surface area contributed by atoms with E-state index in [1.807, 2.05) is 0 Å². The standard InChI is InChI=1S/C22H20F3N5O3.CH4/c1-13-9-15(7-8-26-13)28-20(31)18-10-27-30-17(12-33-2)11-29(21(32)19(18)30)16-5-3-14(4-6-16)22(23,24)25;/h3-10,17H,11-12H2,1-2H3,(H,26,28,31);1H4. The summed E-state index contributed by atoms with van der Waals surface area (Å²) in [6.45, 7) is 2.08. The van der Waals surface area contributed by atoms with Crippen LogP contribution in [0.5, 0.6) is 0 Å². The summed E-state index contributed by atoms with van der Waals surface area (Å²) < 4.78 is 45.5. The number of nitrogens with one attached hydrogen (secondary N) is 1. The predicted octanol–water partition coefficient (Wildman–Crippen LogP) is 4.34. The lowest BCUT2D eigenvalue weighted by atomic mass is 10.1. The number of alkyl halides is 3. The van der Waals surface area contributed by atoms with Crippen LogP contribution in [0, 0.1) is 6.92 Å². The molecule has 1 unspecified atom stereocenters. The minimum Gasteiger partial charge on any atom is -0.382 e. The Morgan fingerprint density at radius 3 is 2.56 bits per heavy atom. The van der Waals surface area contributed by atoms with Crippen LogP contribution in [0.4, 0.5) is 24.5 Å². The molecule has 0 saturated heterocycles. The first-order valence-corrected chi connectivity index (χ1v) is 9.98. The Morgan fingerprint density at radius 1 is 1.24 bits per heavy atom. The average molecular weight is 475 g/mol. The molecule has 0 bridgehead atoms. The molecule has 1 aromatic carbocycles. The summed E-state index contributed by atoms with van der Waals surface area (Å²) >= 11 is 0. The van der Waals surface area contributed by atoms with Crippen molar-refractivity contribution in [2.24, 2.45) is 0 Å². The summed E-state index contributed by atoms with van der Waals surface area (Å²) in [4.78, 5) is 31.7. The third kappa shape index (κ3) is 4.79. The Bertz CT molecular complexity index is 1190. The Kier molecular flexibility index (Phi) is 7.06. The topological polar surface area (TPSA) is 89.3 Å². The number of halogens is 3. The molecule has 0 aliphatic carbocycles. The first kappa shape index (κ1) is 24.9. The quantitative estimate of drug-likeness (QED) is 0.593. The van der Waals surface area contributed by atoms with E-state index in [2.05, 4.69) is 15.4 Å². The molecular formula is C23H24F3N5O3. The zero-order valence-electron chi connectivity index (χ0n) is 17.8. The van der Waals surface area contributed by atoms with Gasteiger partial charge in [-0.2, -0.15) is 18.3 Å². The van der Waals surface area contributed by atoms with Gasteiger partial charge in [0.2, 0.25) is 0 Å². The number of fused-ring (bicyclic) bond motifs is 1. The molecule has 2 amide bonds. The zero-order chi connectivity index (χ0) is 23.8. The van der Waals surface area contributed by atoms with Crippen molar-refractivity contribution in [2.75, 3.05) is 30.5 Å². The Hall–Kier alpha value is -3.73. The smallest absolute Gasteiger partial charge is 0.382 e. The minimum absolute atomic E-state index is 0. The fraction of sp³-hybridized carbons (Fsp3) is 0.304. The number of nitrogens with zero attached hydrogens (tertiary/aromatic N) is 4. The Balaban J connectivity index is 0.00000324. The van der Waals surface area contributed by atoms with Crippen LogP contribution in [-0.4, -0.2) is 46.8 Å². The second-order valence-corrected chi connectivity index (χ2v) is 7.56. The largest absolute Gasteiger partial charge is 0.416 e. The SMILES string of the molecule is C.COCC1CN(c2ccc(C(F)(F)F)cc2)C(=O)c2c(C(=O)Nc3ccnc(C)c3)cnn21. The molecule has 11 heteroatoms. The third-order valence-electron chi connectivity index (χ3n) is 5.25. The number of hydrogen-bond acceptors (Lipinski definition) is 5. The van der Waals surface area contributed by atoms with E-state index in [0.29, 0.717) is 11.4 Å². The van der Waals surface area contributed by atoms with Crippen LogP contribution >= 0.6 is 0 Å². The molecule has 0 spiro atoms. The lowest BCUT2D eigenvalue weighted by molar-refractivity contribution is -0.137. The number of carbonyl (C=O) groups is 2. The van der Waals surface area contributed by atoms with Crippen LogP contribution in [0.3, 0.4) is 0 Å². The van der Waals surface area contributed by atoms with Gasteiger partial charge in [0, 0.05) is 30.4 Å². The third-order valence-corrected chi connectivity index (χ3v) is 5.25. The molecule has 1 N–H and O–H groups in total. The van der Waals surface area contributed by atoms with Crippen molar-refractivity contribution in [3.8, 4) is 0 Å². The number of ether oxygens (including phenoxy) is 1. The van der Waals surface area contributed by atoms with Crippen LogP contribution in [0.15, 0.2) is 48.8 Å². The van der Waals surface area contributed by atoms with Crippen molar-refractivity contribution in [1.29, 1.82) is 0 Å². The van der Waals surface area contributed by atoms with E-state index in [1.54, 1.807) is 25.3 Å². The Labute approximate surface area is 194 Å². The number of rotatable bonds is 5. The molecule has 4 rings (SSSR count). The maximum absolute atomic E-state index is 13.4. The van der Waals surface area contributed by atoms with Gasteiger partial charge in [-0.05, 0) is 43.3 Å². The van der Waals surface area contributed by atoms with E-state index in [1.165, 1.54) is 35.0 Å². The molecule has 8 nitrogen and oxygen atoms in total. The second kappa shape index (κ2) is 9.64. The number of methoxy groups -OCH3 is 1. The predicted molar refractivity (Wildman–Crippen MR) is 120 cm³/mol. The first-order chi connectivity index (χ1) is 15.7. The normalized spacial score (nSPS) is 15.5. The summed E-state index contributed by atoms with van der Waals surface area (Å²) in [5.74, 6) is -1.09. The molecule has 3 aromatic rings. The maximum Gasteiger partial charge on any atom is 0.416 e. The van der Waals surface area contributed by atoms with Crippen molar-refractivity contribution < 1.29 is 27.5 Å². The summed E-state index contributed by atoms with van der Waals surface area (Å²) in [7, 11) is 1.49. The molecule has 1 aliphatic rings. The summed E-state index contributed by atoms with van der Waals surface area (Å²) in [6.07, 6.45) is -1.64. The molecule has 0 saturated carbocycles. The summed E-state index contributed by atoms with van der Waals surface area (Å²) in [5.41, 5.74) is 0.747. The fourth-order valence-electron chi connectivity index (χ4n) is 3.71. The van der Waals surface area contributed by atoms with Gasteiger partial charge in [0.15, 0.2) is 0 Å². The van der Waals surface area contributed by atoms with Gasteiger partial charge < -0.3 is 15.0 Å². The number of hydrogen-bond donors (Lipinski definition) is 1. The van der Waals surface area contributed by atoms with Crippen LogP contribution in [0.2, 0.25) is 0 Å². The Morgan fingerprint density at radius 2 is 1.94 bits per heavy atom. The van der Waals surface area contributed by atoms with Gasteiger partial charge in [-0.3, -0.25) is 19.3 Å². The minimum atomic E-state index is -4.49. The first-order valence-electron chi connectivity index (χ1n) is 9.98. The van der Waals surface area contributed by atoms with E-state index in [-0.39, 0.29) is 37.5 Å². The van der Waals surface area contributed by atoms with E-state index < -0.39 is 29.6 Å². The molecule has 34 heavy (non-hydrogen) atoms. The van der Waals surface area contributed by atoms with Crippen molar-refractivity contribution in [3.05, 3.63) is 71.3 Å². The van der Waals surface area contributed by atoms with Gasteiger partial charge in [0.05, 0.1) is 36.5 Å². The number of anilines is 2. The van der Waals surface area contributed by atoms with Gasteiger partial charge in [0.25, 0.3) is 11.8 Å². The van der Waals surface area contributed by atoms with Gasteiger partial charge in [-0.25, -0.2) is 0 Å². The van der Waals surface area contributed by atoms with Crippen LogP contribution in [-0.2, 0) is 10.9 Å². The maximum atomic E-state index is 13.4. The highest BCUT2D eigenvalue weighted by Gasteiger charge is 2.37.